The van der Waals surface area contributed by atoms with Crippen LogP contribution in [0.3, 0.4) is 0 Å². The van der Waals surface area contributed by atoms with Crippen LogP contribution in [0.1, 0.15) is 44.0 Å². The molecule has 3 N–H and O–H groups in total. The maximum absolute atomic E-state index is 12.8. The molecule has 0 bridgehead atoms. The van der Waals surface area contributed by atoms with Crippen molar-refractivity contribution < 1.29 is 9.59 Å². The van der Waals surface area contributed by atoms with Crippen molar-refractivity contribution >= 4 is 29.1 Å². The van der Waals surface area contributed by atoms with Crippen molar-refractivity contribution in [3.05, 3.63) is 28.8 Å². The van der Waals surface area contributed by atoms with Gasteiger partial charge in [0.2, 0.25) is 5.91 Å². The molecule has 1 aliphatic rings. The van der Waals surface area contributed by atoms with E-state index in [9.17, 15) is 9.59 Å². The first-order valence-corrected chi connectivity index (χ1v) is 8.82. The first-order chi connectivity index (χ1) is 11.3. The molecule has 1 heterocycles. The number of likely N-dealkylation sites (tertiary alicyclic amines) is 1. The second-order valence-corrected chi connectivity index (χ2v) is 7.23. The zero-order chi connectivity index (χ0) is 17.9. The number of carbonyl (C=O) groups excluding carboxylic acids is 2. The summed E-state index contributed by atoms with van der Waals surface area (Å²) in [4.78, 5) is 26.4. The Bertz CT molecular complexity index is 608. The van der Waals surface area contributed by atoms with Gasteiger partial charge in [0.25, 0.3) is 5.91 Å². The first-order valence-electron chi connectivity index (χ1n) is 8.45. The molecule has 24 heavy (non-hydrogen) atoms. The quantitative estimate of drug-likeness (QED) is 0.875. The van der Waals surface area contributed by atoms with Gasteiger partial charge < -0.3 is 16.0 Å². The summed E-state index contributed by atoms with van der Waals surface area (Å²) in [7, 11) is 0. The normalized spacial score (nSPS) is 17.0. The van der Waals surface area contributed by atoms with Crippen molar-refractivity contribution in [1.82, 2.24) is 4.90 Å². The molecule has 2 rings (SSSR count). The van der Waals surface area contributed by atoms with Crippen LogP contribution in [-0.4, -0.2) is 35.8 Å². The van der Waals surface area contributed by atoms with Gasteiger partial charge in [-0.05, 0) is 43.9 Å². The smallest absolute Gasteiger partial charge is 0.255 e. The van der Waals surface area contributed by atoms with Crippen LogP contribution in [0.2, 0.25) is 5.02 Å². The fourth-order valence-corrected chi connectivity index (χ4v) is 3.05. The number of halogens is 1. The van der Waals surface area contributed by atoms with Gasteiger partial charge in [-0.2, -0.15) is 0 Å². The van der Waals surface area contributed by atoms with Gasteiger partial charge in [0.15, 0.2) is 0 Å². The molecule has 1 fully saturated rings. The van der Waals surface area contributed by atoms with E-state index in [1.807, 2.05) is 25.7 Å². The Labute approximate surface area is 148 Å². The van der Waals surface area contributed by atoms with E-state index < -0.39 is 0 Å². The van der Waals surface area contributed by atoms with Gasteiger partial charge >= 0.3 is 0 Å². The lowest BCUT2D eigenvalue weighted by molar-refractivity contribution is -0.118. The zero-order valence-corrected chi connectivity index (χ0v) is 15.3. The number of rotatable bonds is 4. The van der Waals surface area contributed by atoms with Crippen LogP contribution in [0.25, 0.3) is 0 Å². The molecule has 1 aliphatic heterocycles. The monoisotopic (exact) mass is 351 g/mol. The van der Waals surface area contributed by atoms with E-state index in [0.29, 0.717) is 35.3 Å². The fourth-order valence-electron chi connectivity index (χ4n) is 2.85. The molecule has 5 nitrogen and oxygen atoms in total. The van der Waals surface area contributed by atoms with Crippen LogP contribution in [-0.2, 0) is 4.79 Å². The molecule has 0 saturated carbocycles. The van der Waals surface area contributed by atoms with E-state index in [-0.39, 0.29) is 23.8 Å². The summed E-state index contributed by atoms with van der Waals surface area (Å²) < 4.78 is 0. The van der Waals surface area contributed by atoms with Gasteiger partial charge in [0.05, 0.1) is 10.6 Å². The van der Waals surface area contributed by atoms with Crippen LogP contribution < -0.4 is 11.1 Å². The molecule has 0 spiro atoms. The Hall–Kier alpha value is -1.59. The number of hydrogen-bond acceptors (Lipinski definition) is 3. The number of nitrogens with one attached hydrogen (secondary N) is 1. The van der Waals surface area contributed by atoms with E-state index in [1.54, 1.807) is 18.2 Å². The van der Waals surface area contributed by atoms with Crippen LogP contribution in [0.4, 0.5) is 5.69 Å². The minimum atomic E-state index is -0.128. The lowest BCUT2D eigenvalue weighted by atomic mass is 9.90. The molecule has 2 amide bonds. The average Bonchev–Trinajstić information content (AvgIpc) is 2.55. The lowest BCUT2D eigenvalue weighted by Crippen LogP contribution is -2.42. The Balaban J connectivity index is 2.10. The van der Waals surface area contributed by atoms with Gasteiger partial charge in [-0.1, -0.05) is 25.4 Å². The minimum absolute atomic E-state index is 0.0894. The van der Waals surface area contributed by atoms with Crippen molar-refractivity contribution in [2.45, 2.75) is 39.7 Å². The highest BCUT2D eigenvalue weighted by molar-refractivity contribution is 6.34. The highest BCUT2D eigenvalue weighted by atomic mass is 35.5. The van der Waals surface area contributed by atoms with Gasteiger partial charge in [-0.3, -0.25) is 9.59 Å². The molecule has 1 saturated heterocycles. The number of piperidine rings is 1. The number of amides is 2. The van der Waals surface area contributed by atoms with Gasteiger partial charge in [0.1, 0.15) is 0 Å². The molecular weight excluding hydrogens is 326 g/mol. The maximum atomic E-state index is 12.8. The Kier molecular flexibility index (Phi) is 6.24. The second-order valence-electron chi connectivity index (χ2n) is 6.83. The number of nitrogens with zero attached hydrogens (tertiary/aromatic N) is 1. The third-order valence-electron chi connectivity index (χ3n) is 4.56. The molecule has 1 aromatic rings. The van der Waals surface area contributed by atoms with E-state index in [2.05, 4.69) is 5.32 Å². The topological polar surface area (TPSA) is 75.4 Å². The average molecular weight is 352 g/mol. The summed E-state index contributed by atoms with van der Waals surface area (Å²) in [5.41, 5.74) is 6.97. The van der Waals surface area contributed by atoms with E-state index in [0.717, 1.165) is 12.8 Å². The third kappa shape index (κ3) is 4.48. The first kappa shape index (κ1) is 18.7. The molecule has 1 unspecified atom stereocenters. The lowest BCUT2D eigenvalue weighted by Gasteiger charge is -2.34. The van der Waals surface area contributed by atoms with Crippen molar-refractivity contribution in [1.29, 1.82) is 0 Å². The molecule has 1 aromatic carbocycles. The number of nitrogens with two attached hydrogens (primary N) is 1. The van der Waals surface area contributed by atoms with E-state index in [1.165, 1.54) is 0 Å². The highest BCUT2D eigenvalue weighted by Gasteiger charge is 2.26. The number of benzene rings is 1. The Morgan fingerprint density at radius 3 is 2.42 bits per heavy atom. The largest absolute Gasteiger partial charge is 0.339 e. The van der Waals surface area contributed by atoms with E-state index in [4.69, 9.17) is 17.3 Å². The van der Waals surface area contributed by atoms with Crippen molar-refractivity contribution in [3.63, 3.8) is 0 Å². The third-order valence-corrected chi connectivity index (χ3v) is 4.89. The predicted octanol–water partition coefficient (Wildman–Crippen LogP) is 3.13. The standard InChI is InChI=1S/C18H26ClN3O2/c1-11(2)17(23)21-14-4-5-16(19)15(10-14)18(24)22-8-6-13(7-9-22)12(3)20/h4-5,10-13H,6-9,20H2,1-3H3,(H,21,23). The Morgan fingerprint density at radius 2 is 1.88 bits per heavy atom. The van der Waals surface area contributed by atoms with Crippen molar-refractivity contribution in [2.24, 2.45) is 17.6 Å². The van der Waals surface area contributed by atoms with Crippen molar-refractivity contribution in [3.8, 4) is 0 Å². The van der Waals surface area contributed by atoms with Crippen LogP contribution in [0, 0.1) is 11.8 Å². The number of anilines is 1. The van der Waals surface area contributed by atoms with Gasteiger partial charge in [0, 0.05) is 30.7 Å². The molecular formula is C18H26ClN3O2. The van der Waals surface area contributed by atoms with Gasteiger partial charge in [-0.15, -0.1) is 0 Å². The summed E-state index contributed by atoms with van der Waals surface area (Å²) in [6.45, 7) is 7.02. The SMILES string of the molecule is CC(C)C(=O)Nc1ccc(Cl)c(C(=O)N2CCC(C(C)N)CC2)c1. The molecule has 0 aromatic heterocycles. The summed E-state index contributed by atoms with van der Waals surface area (Å²) in [6.07, 6.45) is 1.82. The van der Waals surface area contributed by atoms with Crippen LogP contribution in [0.5, 0.6) is 0 Å². The minimum Gasteiger partial charge on any atom is -0.339 e. The maximum Gasteiger partial charge on any atom is 0.255 e. The predicted molar refractivity (Wildman–Crippen MR) is 97.2 cm³/mol. The van der Waals surface area contributed by atoms with Crippen LogP contribution >= 0.6 is 11.6 Å². The summed E-state index contributed by atoms with van der Waals surface area (Å²) in [6, 6.07) is 5.17. The number of carbonyl (C=O) groups is 2. The summed E-state index contributed by atoms with van der Waals surface area (Å²) >= 11 is 6.21. The molecule has 132 valence electrons. The van der Waals surface area contributed by atoms with Crippen LogP contribution in [0.15, 0.2) is 18.2 Å². The molecule has 6 heteroatoms. The summed E-state index contributed by atoms with van der Waals surface area (Å²) in [5, 5.41) is 3.20. The highest BCUT2D eigenvalue weighted by Crippen LogP contribution is 2.26. The molecule has 0 aliphatic carbocycles. The molecule has 0 radical (unpaired) electrons. The zero-order valence-electron chi connectivity index (χ0n) is 14.5. The van der Waals surface area contributed by atoms with E-state index >= 15 is 0 Å². The number of hydrogen-bond donors (Lipinski definition) is 2. The molecule has 1 atom stereocenters. The second kappa shape index (κ2) is 7.99. The van der Waals surface area contributed by atoms with Gasteiger partial charge in [-0.25, -0.2) is 0 Å². The fraction of sp³-hybridized carbons (Fsp3) is 0.556. The van der Waals surface area contributed by atoms with Crippen molar-refractivity contribution in [2.75, 3.05) is 18.4 Å². The summed E-state index contributed by atoms with van der Waals surface area (Å²) in [5.74, 6) is 0.149. The Morgan fingerprint density at radius 1 is 1.25 bits per heavy atom.